The third-order valence-corrected chi connectivity index (χ3v) is 8.95. The Balaban J connectivity index is 0.00000176. The lowest BCUT2D eigenvalue weighted by atomic mass is 9.98. The summed E-state index contributed by atoms with van der Waals surface area (Å²) in [5.41, 5.74) is 11.5. The molecule has 0 aliphatic carbocycles. The van der Waals surface area contributed by atoms with E-state index >= 15 is 0 Å². The van der Waals surface area contributed by atoms with Crippen molar-refractivity contribution in [3.63, 3.8) is 0 Å². The van der Waals surface area contributed by atoms with Crippen LogP contribution in [0.15, 0.2) is 64.4 Å². The summed E-state index contributed by atoms with van der Waals surface area (Å²) < 4.78 is 41.7. The average molecular weight is 598 g/mol. The summed E-state index contributed by atoms with van der Waals surface area (Å²) in [5.74, 6) is 0. The van der Waals surface area contributed by atoms with Gasteiger partial charge in [-0.1, -0.05) is 36.0 Å². The second-order valence-corrected chi connectivity index (χ2v) is 11.2. The Morgan fingerprint density at radius 2 is 1.69 bits per heavy atom. The van der Waals surface area contributed by atoms with E-state index in [-0.39, 0.29) is 30.9 Å². The number of likely N-dealkylation sites (tertiary alicyclic amines) is 1. The Kier molecular flexibility index (Phi) is 9.33. The molecular weight excluding hydrogens is 564 g/mol. The molecule has 3 heterocycles. The fraction of sp³-hybridized carbons (Fsp3) is 0.379. The molecule has 0 spiro atoms. The Labute approximate surface area is 244 Å². The lowest BCUT2D eigenvalue weighted by molar-refractivity contribution is -0.137. The minimum absolute atomic E-state index is 0. The lowest BCUT2D eigenvalue weighted by Crippen LogP contribution is -2.41. The normalized spacial score (nSPS) is 17.0. The molecule has 0 amide bonds. The number of para-hydroxylation sites is 1. The van der Waals surface area contributed by atoms with Gasteiger partial charge >= 0.3 is 6.18 Å². The van der Waals surface area contributed by atoms with Crippen molar-refractivity contribution < 1.29 is 13.2 Å². The zero-order chi connectivity index (χ0) is 25.6. The van der Waals surface area contributed by atoms with Crippen LogP contribution in [0, 0.1) is 0 Å². The topological polar surface area (TPSA) is 44.5 Å². The van der Waals surface area contributed by atoms with Crippen LogP contribution in [0.2, 0.25) is 0 Å². The number of alkyl halides is 3. The molecular formula is C29H33Cl2F3N4S. The van der Waals surface area contributed by atoms with Crippen LogP contribution in [-0.2, 0) is 19.0 Å². The molecule has 3 aromatic carbocycles. The van der Waals surface area contributed by atoms with E-state index in [4.69, 9.17) is 5.73 Å². The molecule has 6 rings (SSSR count). The molecule has 0 radical (unpaired) electrons. The minimum Gasteiger partial charge on any atom is -0.382 e. The van der Waals surface area contributed by atoms with Crippen LogP contribution in [-0.4, -0.2) is 43.7 Å². The molecule has 0 aromatic heterocycles. The number of nitrogens with one attached hydrogen (secondary N) is 1. The summed E-state index contributed by atoms with van der Waals surface area (Å²) in [4.78, 5) is 6.36. The third-order valence-electron chi connectivity index (χ3n) is 7.77. The molecule has 3 aliphatic rings. The van der Waals surface area contributed by atoms with Gasteiger partial charge in [-0.15, -0.1) is 24.8 Å². The lowest BCUT2D eigenvalue weighted by Gasteiger charge is -2.34. The number of nitrogens with two attached hydrogens (primary N) is 1. The van der Waals surface area contributed by atoms with Crippen LogP contribution in [0.25, 0.3) is 0 Å². The van der Waals surface area contributed by atoms with E-state index in [0.717, 1.165) is 67.2 Å². The predicted molar refractivity (Wildman–Crippen MR) is 159 cm³/mol. The first-order valence-electron chi connectivity index (χ1n) is 13.0. The van der Waals surface area contributed by atoms with Gasteiger partial charge in [-0.25, -0.2) is 0 Å². The SMILES string of the molecule is Cl.Cl.NCCN1CCC(Nc2cc(C(F)(F)F)cc3c2Cc2ccc(N4CCc5ccccc54)cc2S3)CC1. The smallest absolute Gasteiger partial charge is 0.382 e. The second-order valence-electron chi connectivity index (χ2n) is 10.1. The number of benzene rings is 3. The largest absolute Gasteiger partial charge is 0.416 e. The molecule has 3 aliphatic heterocycles. The van der Waals surface area contributed by atoms with E-state index in [1.54, 1.807) is 0 Å². The number of hydrogen-bond acceptors (Lipinski definition) is 5. The highest BCUT2D eigenvalue weighted by atomic mass is 35.5. The molecule has 1 saturated heterocycles. The van der Waals surface area contributed by atoms with Gasteiger partial charge < -0.3 is 20.9 Å². The van der Waals surface area contributed by atoms with Crippen LogP contribution in [0.5, 0.6) is 0 Å². The Bertz CT molecular complexity index is 1310. The number of piperidine rings is 1. The van der Waals surface area contributed by atoms with E-state index in [1.807, 2.05) is 0 Å². The molecule has 210 valence electrons. The highest BCUT2D eigenvalue weighted by molar-refractivity contribution is 7.99. The van der Waals surface area contributed by atoms with Crippen molar-refractivity contribution in [3.8, 4) is 0 Å². The van der Waals surface area contributed by atoms with Crippen LogP contribution in [0.4, 0.5) is 30.2 Å². The van der Waals surface area contributed by atoms with E-state index < -0.39 is 11.7 Å². The zero-order valence-electron chi connectivity index (χ0n) is 21.5. The van der Waals surface area contributed by atoms with Crippen molar-refractivity contribution in [2.75, 3.05) is 42.9 Å². The van der Waals surface area contributed by atoms with Gasteiger partial charge in [0.05, 0.1) is 5.56 Å². The number of nitrogens with zero attached hydrogens (tertiary/aromatic N) is 2. The quantitative estimate of drug-likeness (QED) is 0.256. The van der Waals surface area contributed by atoms with Crippen molar-refractivity contribution in [1.29, 1.82) is 0 Å². The van der Waals surface area contributed by atoms with E-state index in [1.165, 1.54) is 35.1 Å². The summed E-state index contributed by atoms with van der Waals surface area (Å²) >= 11 is 1.46. The van der Waals surface area contributed by atoms with Gasteiger partial charge in [0.15, 0.2) is 0 Å². The summed E-state index contributed by atoms with van der Waals surface area (Å²) in [6.07, 6.45) is -0.970. The maximum Gasteiger partial charge on any atom is 0.416 e. The number of hydrogen-bond donors (Lipinski definition) is 2. The first kappa shape index (κ1) is 29.9. The Morgan fingerprint density at radius 1 is 0.923 bits per heavy atom. The van der Waals surface area contributed by atoms with E-state index in [0.29, 0.717) is 23.5 Å². The summed E-state index contributed by atoms with van der Waals surface area (Å²) in [6.45, 7) is 4.23. The van der Waals surface area contributed by atoms with Crippen molar-refractivity contribution in [3.05, 3.63) is 76.9 Å². The molecule has 0 saturated carbocycles. The monoisotopic (exact) mass is 596 g/mol. The summed E-state index contributed by atoms with van der Waals surface area (Å²) in [5, 5.41) is 3.50. The molecule has 3 N–H and O–H groups in total. The highest BCUT2D eigenvalue weighted by Crippen LogP contribution is 2.47. The fourth-order valence-corrected chi connectivity index (χ4v) is 6.96. The Hall–Kier alpha value is -2.10. The molecule has 4 nitrogen and oxygen atoms in total. The minimum atomic E-state index is -4.39. The molecule has 39 heavy (non-hydrogen) atoms. The first-order chi connectivity index (χ1) is 17.9. The van der Waals surface area contributed by atoms with Crippen LogP contribution in [0.1, 0.15) is 35.1 Å². The molecule has 1 fully saturated rings. The summed E-state index contributed by atoms with van der Waals surface area (Å²) in [6, 6.07) is 17.7. The van der Waals surface area contributed by atoms with Gasteiger partial charge in [-0.05, 0) is 66.3 Å². The van der Waals surface area contributed by atoms with Gasteiger partial charge in [-0.2, -0.15) is 13.2 Å². The third kappa shape index (κ3) is 6.15. The van der Waals surface area contributed by atoms with Gasteiger partial charge in [-0.3, -0.25) is 0 Å². The number of fused-ring (bicyclic) bond motifs is 3. The molecule has 3 aromatic rings. The van der Waals surface area contributed by atoms with Gasteiger partial charge in [0.1, 0.15) is 0 Å². The fourth-order valence-electron chi connectivity index (χ4n) is 5.78. The maximum atomic E-state index is 13.9. The average Bonchev–Trinajstić information content (AvgIpc) is 3.32. The van der Waals surface area contributed by atoms with Crippen molar-refractivity contribution in [2.45, 2.75) is 47.7 Å². The number of rotatable bonds is 5. The zero-order valence-corrected chi connectivity index (χ0v) is 23.9. The number of anilines is 3. The van der Waals surface area contributed by atoms with Gasteiger partial charge in [0.2, 0.25) is 0 Å². The van der Waals surface area contributed by atoms with E-state index in [9.17, 15) is 13.2 Å². The predicted octanol–water partition coefficient (Wildman–Crippen LogP) is 7.13. The standard InChI is InChI=1S/C29H31F3N4S.2ClH/c30-29(31,32)21-16-25(34-22-8-11-35(12-9-22)14-10-33)24-15-20-5-6-23(18-27(20)37-28(24)17-21)36-13-7-19-3-1-2-4-26(19)36;;/h1-6,16-18,22,34H,7-15,33H2;2*1H. The van der Waals surface area contributed by atoms with Crippen molar-refractivity contribution in [2.24, 2.45) is 5.73 Å². The summed E-state index contributed by atoms with van der Waals surface area (Å²) in [7, 11) is 0. The van der Waals surface area contributed by atoms with Crippen LogP contribution < -0.4 is 16.0 Å². The van der Waals surface area contributed by atoms with Crippen LogP contribution in [0.3, 0.4) is 0 Å². The first-order valence-corrected chi connectivity index (χ1v) is 13.8. The molecule has 0 atom stereocenters. The Morgan fingerprint density at radius 3 is 2.44 bits per heavy atom. The van der Waals surface area contributed by atoms with Gasteiger partial charge in [0.25, 0.3) is 0 Å². The molecule has 0 unspecified atom stereocenters. The van der Waals surface area contributed by atoms with Crippen LogP contribution >= 0.6 is 36.6 Å². The van der Waals surface area contributed by atoms with E-state index in [2.05, 4.69) is 57.6 Å². The molecule has 10 heteroatoms. The molecule has 0 bridgehead atoms. The van der Waals surface area contributed by atoms with Crippen molar-refractivity contribution in [1.82, 2.24) is 4.90 Å². The second kappa shape index (κ2) is 12.2. The van der Waals surface area contributed by atoms with Gasteiger partial charge in [0, 0.05) is 72.0 Å². The maximum absolute atomic E-state index is 13.9. The van der Waals surface area contributed by atoms with Crippen molar-refractivity contribution >= 4 is 53.6 Å². The highest BCUT2D eigenvalue weighted by Gasteiger charge is 2.34. The number of halogens is 5.